The molecule has 4 aromatic rings. The number of ether oxygens (including phenoxy) is 1. The fourth-order valence-electron chi connectivity index (χ4n) is 3.34. The fraction of sp³-hybridized carbons (Fsp3) is 0.167. The van der Waals surface area contributed by atoms with Crippen LogP contribution in [0.5, 0.6) is 5.88 Å². The lowest BCUT2D eigenvalue weighted by molar-refractivity contribution is -0.136. The third kappa shape index (κ3) is 4.17. The summed E-state index contributed by atoms with van der Waals surface area (Å²) in [5.41, 5.74) is 2.96. The van der Waals surface area contributed by atoms with Crippen molar-refractivity contribution < 1.29 is 17.9 Å². The van der Waals surface area contributed by atoms with Crippen LogP contribution in [0.25, 0.3) is 22.8 Å². The topological polar surface area (TPSA) is 39.9 Å². The predicted octanol–water partition coefficient (Wildman–Crippen LogP) is 6.28. The zero-order valence-corrected chi connectivity index (χ0v) is 17.1. The summed E-state index contributed by atoms with van der Waals surface area (Å²) in [7, 11) is 0. The Hall–Kier alpha value is -3.61. The molecule has 0 fully saturated rings. The molecule has 0 amide bonds. The van der Waals surface area contributed by atoms with Crippen LogP contribution in [0.15, 0.2) is 61.2 Å². The van der Waals surface area contributed by atoms with E-state index in [-0.39, 0.29) is 29.2 Å². The van der Waals surface area contributed by atoms with Gasteiger partial charge in [0.25, 0.3) is 0 Å². The minimum absolute atomic E-state index is 0.0317. The number of nitrogens with zero attached hydrogens (tertiary/aromatic N) is 3. The number of rotatable bonds is 5. The van der Waals surface area contributed by atoms with Crippen molar-refractivity contribution in [1.29, 1.82) is 0 Å². The standard InChI is InChI=1S/C24H20F3N3O/c1-4-17-7-9-18(10-8-17)14-31-21-13-20(24(25,26)27)22-16(3)29-30(23(22)28-21)19-11-5-15(2)6-12-19/h4-13H,1,14H2,2-3H3. The van der Waals surface area contributed by atoms with Gasteiger partial charge in [-0.05, 0) is 37.1 Å². The molecule has 31 heavy (non-hydrogen) atoms. The van der Waals surface area contributed by atoms with Crippen molar-refractivity contribution in [2.45, 2.75) is 26.6 Å². The highest BCUT2D eigenvalue weighted by atomic mass is 19.4. The summed E-state index contributed by atoms with van der Waals surface area (Å²) in [4.78, 5) is 4.38. The van der Waals surface area contributed by atoms with E-state index in [4.69, 9.17) is 4.74 Å². The summed E-state index contributed by atoms with van der Waals surface area (Å²) >= 11 is 0. The van der Waals surface area contributed by atoms with Crippen molar-refractivity contribution in [3.05, 3.63) is 89.1 Å². The molecule has 4 nitrogen and oxygen atoms in total. The molecular formula is C24H20F3N3O. The number of aromatic nitrogens is 3. The Morgan fingerprint density at radius 2 is 1.71 bits per heavy atom. The lowest BCUT2D eigenvalue weighted by Gasteiger charge is -2.12. The van der Waals surface area contributed by atoms with E-state index in [1.807, 2.05) is 43.3 Å². The fourth-order valence-corrected chi connectivity index (χ4v) is 3.34. The van der Waals surface area contributed by atoms with Crippen LogP contribution in [-0.4, -0.2) is 14.8 Å². The Labute approximate surface area is 177 Å². The first-order chi connectivity index (χ1) is 14.8. The second kappa shape index (κ2) is 7.91. The number of fused-ring (bicyclic) bond motifs is 1. The Morgan fingerprint density at radius 1 is 1.03 bits per heavy atom. The normalized spacial score (nSPS) is 11.6. The van der Waals surface area contributed by atoms with Gasteiger partial charge in [0.15, 0.2) is 5.65 Å². The molecule has 0 aliphatic heterocycles. The number of aryl methyl sites for hydroxylation is 2. The highest BCUT2D eigenvalue weighted by Crippen LogP contribution is 2.38. The minimum Gasteiger partial charge on any atom is -0.473 e. The third-order valence-corrected chi connectivity index (χ3v) is 4.98. The lowest BCUT2D eigenvalue weighted by atomic mass is 10.1. The Morgan fingerprint density at radius 3 is 2.32 bits per heavy atom. The van der Waals surface area contributed by atoms with E-state index >= 15 is 0 Å². The van der Waals surface area contributed by atoms with Crippen molar-refractivity contribution in [3.63, 3.8) is 0 Å². The number of halogens is 3. The van der Waals surface area contributed by atoms with Gasteiger partial charge in [-0.1, -0.05) is 54.6 Å². The molecule has 0 saturated heterocycles. The Kier molecular flexibility index (Phi) is 5.27. The van der Waals surface area contributed by atoms with Crippen LogP contribution in [-0.2, 0) is 12.8 Å². The monoisotopic (exact) mass is 423 g/mol. The summed E-state index contributed by atoms with van der Waals surface area (Å²) in [5.74, 6) is -0.110. The van der Waals surface area contributed by atoms with E-state index in [1.165, 1.54) is 4.68 Å². The maximum absolute atomic E-state index is 13.9. The predicted molar refractivity (Wildman–Crippen MR) is 114 cm³/mol. The quantitative estimate of drug-likeness (QED) is 0.379. The number of hydrogen-bond donors (Lipinski definition) is 0. The van der Waals surface area contributed by atoms with Crippen molar-refractivity contribution in [2.75, 3.05) is 0 Å². The van der Waals surface area contributed by atoms with Gasteiger partial charge in [-0.2, -0.15) is 23.3 Å². The van der Waals surface area contributed by atoms with E-state index in [0.29, 0.717) is 5.69 Å². The zero-order chi connectivity index (χ0) is 22.2. The third-order valence-electron chi connectivity index (χ3n) is 4.98. The van der Waals surface area contributed by atoms with Gasteiger partial charge in [0.1, 0.15) is 6.61 Å². The molecule has 7 heteroatoms. The lowest BCUT2D eigenvalue weighted by Crippen LogP contribution is -2.09. The average molecular weight is 423 g/mol. The van der Waals surface area contributed by atoms with Crippen LogP contribution in [0.2, 0.25) is 0 Å². The molecule has 0 radical (unpaired) electrons. The molecule has 158 valence electrons. The van der Waals surface area contributed by atoms with Gasteiger partial charge in [0, 0.05) is 6.07 Å². The average Bonchev–Trinajstić information content (AvgIpc) is 3.08. The number of benzene rings is 2. The smallest absolute Gasteiger partial charge is 0.417 e. The highest BCUT2D eigenvalue weighted by molar-refractivity contribution is 5.84. The molecular weight excluding hydrogens is 403 g/mol. The van der Waals surface area contributed by atoms with Crippen LogP contribution in [0.4, 0.5) is 13.2 Å². The molecule has 2 aromatic heterocycles. The number of pyridine rings is 1. The molecule has 2 heterocycles. The van der Waals surface area contributed by atoms with Crippen LogP contribution in [0, 0.1) is 13.8 Å². The summed E-state index contributed by atoms with van der Waals surface area (Å²) in [6.07, 6.45) is -2.86. The van der Waals surface area contributed by atoms with E-state index < -0.39 is 11.7 Å². The van der Waals surface area contributed by atoms with E-state index in [9.17, 15) is 13.2 Å². The summed E-state index contributed by atoms with van der Waals surface area (Å²) in [6, 6.07) is 15.7. The summed E-state index contributed by atoms with van der Waals surface area (Å²) < 4.78 is 48.7. The first-order valence-corrected chi connectivity index (χ1v) is 9.65. The van der Waals surface area contributed by atoms with Gasteiger partial charge >= 0.3 is 6.18 Å². The number of alkyl halides is 3. The molecule has 0 atom stereocenters. The van der Waals surface area contributed by atoms with Gasteiger partial charge < -0.3 is 4.74 Å². The van der Waals surface area contributed by atoms with Gasteiger partial charge in [-0.15, -0.1) is 0 Å². The number of hydrogen-bond acceptors (Lipinski definition) is 3. The van der Waals surface area contributed by atoms with Crippen molar-refractivity contribution >= 4 is 17.1 Å². The first kappa shape index (κ1) is 20.7. The van der Waals surface area contributed by atoms with Crippen LogP contribution >= 0.6 is 0 Å². The molecule has 0 spiro atoms. The van der Waals surface area contributed by atoms with Crippen molar-refractivity contribution in [1.82, 2.24) is 14.8 Å². The SMILES string of the molecule is C=Cc1ccc(COc2cc(C(F)(F)F)c3c(C)nn(-c4ccc(C)cc4)c3n2)cc1. The molecule has 0 bridgehead atoms. The summed E-state index contributed by atoms with van der Waals surface area (Å²) in [5, 5.41) is 4.30. The van der Waals surface area contributed by atoms with Crippen LogP contribution < -0.4 is 4.74 Å². The van der Waals surface area contributed by atoms with Gasteiger partial charge in [0.2, 0.25) is 5.88 Å². The van der Waals surface area contributed by atoms with Crippen LogP contribution in [0.3, 0.4) is 0 Å². The maximum Gasteiger partial charge on any atom is 0.417 e. The Bertz CT molecular complexity index is 1240. The van der Waals surface area contributed by atoms with E-state index in [0.717, 1.165) is 22.8 Å². The van der Waals surface area contributed by atoms with Gasteiger partial charge in [0.05, 0.1) is 22.3 Å². The minimum atomic E-state index is -4.57. The molecule has 0 aliphatic carbocycles. The molecule has 0 aliphatic rings. The van der Waals surface area contributed by atoms with E-state index in [1.54, 1.807) is 25.1 Å². The highest BCUT2D eigenvalue weighted by Gasteiger charge is 2.36. The maximum atomic E-state index is 13.9. The van der Waals surface area contributed by atoms with Crippen molar-refractivity contribution in [2.24, 2.45) is 0 Å². The molecule has 4 rings (SSSR count). The zero-order valence-electron chi connectivity index (χ0n) is 17.1. The molecule has 0 N–H and O–H groups in total. The molecule has 0 saturated carbocycles. The van der Waals surface area contributed by atoms with Gasteiger partial charge in [-0.25, -0.2) is 4.68 Å². The Balaban J connectivity index is 1.79. The second-order valence-corrected chi connectivity index (χ2v) is 7.27. The first-order valence-electron chi connectivity index (χ1n) is 9.65. The van der Waals surface area contributed by atoms with E-state index in [2.05, 4.69) is 16.7 Å². The molecule has 0 unspecified atom stereocenters. The second-order valence-electron chi connectivity index (χ2n) is 7.27. The van der Waals surface area contributed by atoms with Gasteiger partial charge in [-0.3, -0.25) is 0 Å². The van der Waals surface area contributed by atoms with Crippen molar-refractivity contribution in [3.8, 4) is 11.6 Å². The molecule has 2 aromatic carbocycles. The van der Waals surface area contributed by atoms with Crippen LogP contribution in [0.1, 0.15) is 27.9 Å². The largest absolute Gasteiger partial charge is 0.473 e. The summed E-state index contributed by atoms with van der Waals surface area (Å²) in [6.45, 7) is 7.27.